The highest BCUT2D eigenvalue weighted by atomic mass is 16.6. The van der Waals surface area contributed by atoms with Crippen LogP contribution in [-0.4, -0.2) is 35.5 Å². The van der Waals surface area contributed by atoms with E-state index < -0.39 is 23.3 Å². The maximum Gasteiger partial charge on any atom is 0.412 e. The van der Waals surface area contributed by atoms with Gasteiger partial charge in [-0.25, -0.2) is 4.79 Å². The van der Waals surface area contributed by atoms with Gasteiger partial charge in [-0.1, -0.05) is 38.1 Å². The van der Waals surface area contributed by atoms with E-state index in [1.807, 2.05) is 58.9 Å². The van der Waals surface area contributed by atoms with Crippen LogP contribution in [0.15, 0.2) is 24.3 Å². The maximum absolute atomic E-state index is 12.8. The predicted octanol–water partition coefficient (Wildman–Crippen LogP) is 3.43. The van der Waals surface area contributed by atoms with E-state index in [4.69, 9.17) is 9.47 Å². The number of rotatable bonds is 4. The summed E-state index contributed by atoms with van der Waals surface area (Å²) < 4.78 is 10.8. The maximum atomic E-state index is 12.8. The van der Waals surface area contributed by atoms with Crippen molar-refractivity contribution in [3.63, 3.8) is 0 Å². The average molecular weight is 321 g/mol. The number of carbonyl (C=O) groups excluding carboxylic acids is 1. The summed E-state index contributed by atoms with van der Waals surface area (Å²) in [5.41, 5.74) is 0.348. The van der Waals surface area contributed by atoms with Crippen LogP contribution >= 0.6 is 0 Å². The lowest BCUT2D eigenvalue weighted by atomic mass is 9.61. The molecule has 5 heteroatoms. The second-order valence-electron chi connectivity index (χ2n) is 7.30. The van der Waals surface area contributed by atoms with Gasteiger partial charge in [0.25, 0.3) is 0 Å². The summed E-state index contributed by atoms with van der Waals surface area (Å²) in [6, 6.07) is 7.65. The van der Waals surface area contributed by atoms with Gasteiger partial charge < -0.3 is 14.6 Å². The Balaban J connectivity index is 2.48. The Hall–Kier alpha value is -1.59. The summed E-state index contributed by atoms with van der Waals surface area (Å²) in [5, 5.41) is 10.8. The Labute approximate surface area is 138 Å². The number of aliphatic hydroxyl groups excluding tert-OH is 1. The number of benzene rings is 1. The molecule has 23 heavy (non-hydrogen) atoms. The normalized spacial score (nSPS) is 23.2. The van der Waals surface area contributed by atoms with E-state index in [1.165, 1.54) is 12.0 Å². The van der Waals surface area contributed by atoms with E-state index in [1.54, 1.807) is 0 Å². The van der Waals surface area contributed by atoms with Gasteiger partial charge in [0.1, 0.15) is 24.0 Å². The summed E-state index contributed by atoms with van der Waals surface area (Å²) in [6.07, 6.45) is -1.25. The van der Waals surface area contributed by atoms with Gasteiger partial charge in [-0.15, -0.1) is 0 Å². The molecule has 0 aliphatic heterocycles. The summed E-state index contributed by atoms with van der Waals surface area (Å²) >= 11 is 0. The largest absolute Gasteiger partial charge is 0.444 e. The fourth-order valence-electron chi connectivity index (χ4n) is 3.39. The molecule has 0 unspecified atom stereocenters. The first-order chi connectivity index (χ1) is 10.7. The van der Waals surface area contributed by atoms with Gasteiger partial charge >= 0.3 is 6.09 Å². The lowest BCUT2D eigenvalue weighted by molar-refractivity contribution is -0.129. The van der Waals surface area contributed by atoms with Gasteiger partial charge in [0.2, 0.25) is 0 Å². The average Bonchev–Trinajstić information content (AvgIpc) is 2.44. The number of hydrogen-bond donors (Lipinski definition) is 1. The summed E-state index contributed by atoms with van der Waals surface area (Å²) in [4.78, 5) is 14.3. The Morgan fingerprint density at radius 3 is 2.48 bits per heavy atom. The standard InChI is InChI=1S/C18H27NO4/c1-12(2)18(14-10-8-7-9-13(14)15(18)20)19(11-22-6)16(21)23-17(3,4)5/h7-10,12,15,20H,11H2,1-6H3/t15-,18+/m0/s1. The second kappa shape index (κ2) is 6.13. The molecule has 1 amide bonds. The topological polar surface area (TPSA) is 59.0 Å². The molecule has 1 aliphatic rings. The monoisotopic (exact) mass is 321 g/mol. The van der Waals surface area contributed by atoms with Crippen LogP contribution in [0.3, 0.4) is 0 Å². The number of ether oxygens (including phenoxy) is 2. The molecule has 0 spiro atoms. The fourth-order valence-corrected chi connectivity index (χ4v) is 3.39. The van der Waals surface area contributed by atoms with Gasteiger partial charge in [0.15, 0.2) is 0 Å². The van der Waals surface area contributed by atoms with Crippen molar-refractivity contribution >= 4 is 6.09 Å². The van der Waals surface area contributed by atoms with E-state index in [-0.39, 0.29) is 12.6 Å². The van der Waals surface area contributed by atoms with E-state index in [9.17, 15) is 9.90 Å². The smallest absolute Gasteiger partial charge is 0.412 e. The van der Waals surface area contributed by atoms with E-state index >= 15 is 0 Å². The highest BCUT2D eigenvalue weighted by Crippen LogP contribution is 2.56. The molecule has 0 fully saturated rings. The Morgan fingerprint density at radius 1 is 1.35 bits per heavy atom. The van der Waals surface area contributed by atoms with Gasteiger partial charge in [0, 0.05) is 7.11 Å². The lowest BCUT2D eigenvalue weighted by Crippen LogP contribution is -2.62. The first kappa shape index (κ1) is 17.8. The Kier molecular flexibility index (Phi) is 4.74. The van der Waals surface area contributed by atoms with Crippen molar-refractivity contribution < 1.29 is 19.4 Å². The minimum absolute atomic E-state index is 0.00457. The number of hydrogen-bond acceptors (Lipinski definition) is 4. The minimum Gasteiger partial charge on any atom is -0.444 e. The molecule has 128 valence electrons. The number of aliphatic hydroxyl groups is 1. The van der Waals surface area contributed by atoms with Crippen LogP contribution in [0.1, 0.15) is 51.8 Å². The molecule has 1 aliphatic carbocycles. The van der Waals surface area contributed by atoms with Crippen LogP contribution in [0, 0.1) is 5.92 Å². The van der Waals surface area contributed by atoms with Crippen LogP contribution in [0.25, 0.3) is 0 Å². The van der Waals surface area contributed by atoms with Crippen LogP contribution in [-0.2, 0) is 15.0 Å². The molecule has 0 heterocycles. The molecule has 2 atom stereocenters. The third-order valence-corrected chi connectivity index (χ3v) is 4.30. The van der Waals surface area contributed by atoms with Crippen molar-refractivity contribution in [1.82, 2.24) is 4.90 Å². The zero-order valence-corrected chi connectivity index (χ0v) is 14.8. The number of carbonyl (C=O) groups is 1. The minimum atomic E-state index is -0.838. The Morgan fingerprint density at radius 2 is 1.96 bits per heavy atom. The quantitative estimate of drug-likeness (QED) is 0.863. The van der Waals surface area contributed by atoms with Crippen molar-refractivity contribution in [3.8, 4) is 0 Å². The SMILES string of the molecule is COCN(C(=O)OC(C)(C)C)[C@]1(C(C)C)c2ccccc2[C@@H]1O. The first-order valence-corrected chi connectivity index (χ1v) is 7.93. The lowest BCUT2D eigenvalue weighted by Gasteiger charge is -2.56. The summed E-state index contributed by atoms with van der Waals surface area (Å²) in [6.45, 7) is 9.51. The summed E-state index contributed by atoms with van der Waals surface area (Å²) in [7, 11) is 1.53. The molecule has 0 bridgehead atoms. The highest BCUT2D eigenvalue weighted by molar-refractivity contribution is 5.71. The zero-order valence-electron chi connectivity index (χ0n) is 14.8. The van der Waals surface area contributed by atoms with E-state index in [0.29, 0.717) is 0 Å². The molecule has 0 radical (unpaired) electrons. The van der Waals surface area contributed by atoms with Gasteiger partial charge in [-0.05, 0) is 37.8 Å². The van der Waals surface area contributed by atoms with Crippen molar-refractivity contribution in [1.29, 1.82) is 0 Å². The molecule has 1 aromatic rings. The molecule has 0 saturated heterocycles. The van der Waals surface area contributed by atoms with Gasteiger partial charge in [-0.2, -0.15) is 0 Å². The van der Waals surface area contributed by atoms with Crippen molar-refractivity contribution in [2.45, 2.75) is 51.9 Å². The third kappa shape index (κ3) is 2.83. The fraction of sp³-hybridized carbons (Fsp3) is 0.611. The van der Waals surface area contributed by atoms with Crippen molar-refractivity contribution in [2.24, 2.45) is 5.92 Å². The molecule has 2 rings (SSSR count). The molecule has 1 N–H and O–H groups in total. The number of fused-ring (bicyclic) bond motifs is 1. The molecule has 5 nitrogen and oxygen atoms in total. The van der Waals surface area contributed by atoms with Crippen molar-refractivity contribution in [2.75, 3.05) is 13.8 Å². The van der Waals surface area contributed by atoms with Gasteiger partial charge in [0.05, 0.1) is 0 Å². The Bertz CT molecular complexity index is 579. The van der Waals surface area contributed by atoms with Crippen molar-refractivity contribution in [3.05, 3.63) is 35.4 Å². The van der Waals surface area contributed by atoms with Crippen LogP contribution in [0.5, 0.6) is 0 Å². The highest BCUT2D eigenvalue weighted by Gasteiger charge is 2.59. The van der Waals surface area contributed by atoms with Crippen LogP contribution in [0.2, 0.25) is 0 Å². The predicted molar refractivity (Wildman–Crippen MR) is 87.9 cm³/mol. The molecule has 0 aromatic heterocycles. The third-order valence-electron chi connectivity index (χ3n) is 4.30. The zero-order chi connectivity index (χ0) is 17.4. The molecule has 1 aromatic carbocycles. The van der Waals surface area contributed by atoms with Crippen LogP contribution < -0.4 is 0 Å². The first-order valence-electron chi connectivity index (χ1n) is 7.93. The summed E-state index contributed by atoms with van der Waals surface area (Å²) in [5.74, 6) is -0.00457. The van der Waals surface area contributed by atoms with Crippen LogP contribution in [0.4, 0.5) is 4.79 Å². The van der Waals surface area contributed by atoms with Gasteiger partial charge in [-0.3, -0.25) is 4.90 Å². The molecular formula is C18H27NO4. The molecular weight excluding hydrogens is 294 g/mol. The molecule has 0 saturated carbocycles. The number of nitrogens with zero attached hydrogens (tertiary/aromatic N) is 1. The van der Waals surface area contributed by atoms with E-state index in [0.717, 1.165) is 11.1 Å². The number of methoxy groups -OCH3 is 1. The van der Waals surface area contributed by atoms with E-state index in [2.05, 4.69) is 0 Å². The second-order valence-corrected chi connectivity index (χ2v) is 7.30. The number of amides is 1.